The van der Waals surface area contributed by atoms with Crippen molar-refractivity contribution >= 4 is 57.2 Å². The van der Waals surface area contributed by atoms with Gasteiger partial charge in [-0.2, -0.15) is 0 Å². The van der Waals surface area contributed by atoms with Crippen molar-refractivity contribution in [2.75, 3.05) is 0 Å². The third-order valence-corrected chi connectivity index (χ3v) is 6.85. The van der Waals surface area contributed by atoms with E-state index in [1.807, 2.05) is 0 Å². The van der Waals surface area contributed by atoms with Crippen LogP contribution in [0.15, 0.2) is 97.3 Å². The summed E-state index contributed by atoms with van der Waals surface area (Å²) in [4.78, 5) is 38.7. The van der Waals surface area contributed by atoms with E-state index in [-0.39, 0.29) is 0 Å². The number of hydrogen-bond acceptors (Lipinski definition) is 10. The number of fused-ring (bicyclic) bond motifs is 2. The Morgan fingerprint density at radius 2 is 0.917 bits per heavy atom. The normalized spacial score (nSPS) is 11.9. The molecule has 0 saturated carbocycles. The van der Waals surface area contributed by atoms with E-state index >= 15 is 0 Å². The van der Waals surface area contributed by atoms with Crippen molar-refractivity contribution in [3.05, 3.63) is 107 Å². The van der Waals surface area contributed by atoms with Crippen molar-refractivity contribution < 1.29 is 38.7 Å². The highest BCUT2D eigenvalue weighted by Crippen LogP contribution is 2.26. The lowest BCUT2D eigenvalue weighted by atomic mass is 10.3. The first-order valence-corrected chi connectivity index (χ1v) is 15.0. The zero-order valence-corrected chi connectivity index (χ0v) is 26.8. The Labute approximate surface area is 283 Å². The Kier molecular flexibility index (Phi) is 10.7. The number of aliphatic carboxylic acids is 2. The summed E-state index contributed by atoms with van der Waals surface area (Å²) in [5.41, 5.74) is 2.71. The lowest BCUT2D eigenvalue weighted by molar-refractivity contribution is -0.145. The monoisotopic (exact) mass is 688 g/mol. The molecular formula is C34H26Cl2N4O8. The number of benzene rings is 4. The standard InChI is InChI=1S/2C17H13ClN2O4/c2*1-10(17(21)22)23-12-3-5-13(6-4-12)24-16-9-19-15-8-11(18)2-7-14(15)20-16/h2*2-10H,1H3,(H,21,22)/t10-;/m1./s1. The van der Waals surface area contributed by atoms with Crippen LogP contribution < -0.4 is 18.9 Å². The molecule has 6 rings (SSSR count). The van der Waals surface area contributed by atoms with Gasteiger partial charge in [-0.05, 0) is 98.8 Å². The predicted molar refractivity (Wildman–Crippen MR) is 178 cm³/mol. The lowest BCUT2D eigenvalue weighted by Crippen LogP contribution is -2.22. The summed E-state index contributed by atoms with van der Waals surface area (Å²) in [6.07, 6.45) is 1.18. The Morgan fingerprint density at radius 3 is 1.27 bits per heavy atom. The highest BCUT2D eigenvalue weighted by Gasteiger charge is 2.13. The molecule has 1 unspecified atom stereocenters. The average Bonchev–Trinajstić information content (AvgIpc) is 3.07. The lowest BCUT2D eigenvalue weighted by Gasteiger charge is -2.11. The molecule has 0 aliphatic heterocycles. The molecule has 0 aliphatic carbocycles. The third kappa shape index (κ3) is 9.18. The number of ether oxygens (including phenoxy) is 4. The van der Waals surface area contributed by atoms with Crippen molar-refractivity contribution in [2.45, 2.75) is 26.1 Å². The zero-order valence-electron chi connectivity index (χ0n) is 25.3. The molecule has 6 aromatic rings. The molecule has 2 N–H and O–H groups in total. The van der Waals surface area contributed by atoms with Gasteiger partial charge in [0.2, 0.25) is 11.8 Å². The van der Waals surface area contributed by atoms with Crippen LogP contribution in [-0.4, -0.2) is 54.3 Å². The van der Waals surface area contributed by atoms with Crippen LogP contribution in [0.1, 0.15) is 13.8 Å². The quantitative estimate of drug-likeness (QED) is 0.143. The van der Waals surface area contributed by atoms with Gasteiger partial charge in [0.1, 0.15) is 23.0 Å². The smallest absolute Gasteiger partial charge is 0.344 e. The summed E-state index contributed by atoms with van der Waals surface area (Å²) in [5, 5.41) is 18.8. The van der Waals surface area contributed by atoms with E-state index in [9.17, 15) is 9.59 Å². The molecule has 0 amide bonds. The maximum absolute atomic E-state index is 10.8. The highest BCUT2D eigenvalue weighted by molar-refractivity contribution is 6.31. The minimum absolute atomic E-state index is 0.345. The summed E-state index contributed by atoms with van der Waals surface area (Å²) >= 11 is 11.8. The average molecular weight is 690 g/mol. The van der Waals surface area contributed by atoms with Crippen LogP contribution in [0.2, 0.25) is 10.0 Å². The number of nitrogens with zero attached hydrogens (tertiary/aromatic N) is 4. The van der Waals surface area contributed by atoms with Crippen molar-refractivity contribution in [3.8, 4) is 34.8 Å². The maximum Gasteiger partial charge on any atom is 0.344 e. The van der Waals surface area contributed by atoms with Gasteiger partial charge in [0, 0.05) is 10.0 Å². The molecule has 2 heterocycles. The maximum atomic E-state index is 10.8. The molecule has 0 fully saturated rings. The Balaban J connectivity index is 0.000000188. The second-order valence-corrected chi connectivity index (χ2v) is 10.9. The molecule has 4 aromatic carbocycles. The molecule has 0 saturated heterocycles. The van der Waals surface area contributed by atoms with Gasteiger partial charge in [-0.3, -0.25) is 0 Å². The minimum atomic E-state index is -1.03. The number of halogens is 2. The fraction of sp³-hybridized carbons (Fsp3) is 0.118. The van der Waals surface area contributed by atoms with Crippen LogP contribution in [0.5, 0.6) is 34.8 Å². The predicted octanol–water partition coefficient (Wildman–Crippen LogP) is 7.85. The number of carboxylic acids is 2. The molecule has 14 heteroatoms. The number of rotatable bonds is 10. The Morgan fingerprint density at radius 1 is 0.562 bits per heavy atom. The van der Waals surface area contributed by atoms with Crippen LogP contribution in [0.4, 0.5) is 0 Å². The molecular weight excluding hydrogens is 663 g/mol. The minimum Gasteiger partial charge on any atom is -0.479 e. The molecule has 0 spiro atoms. The van der Waals surface area contributed by atoms with Crippen molar-refractivity contribution in [2.24, 2.45) is 0 Å². The molecule has 0 radical (unpaired) electrons. The Hall–Kier alpha value is -5.72. The van der Waals surface area contributed by atoms with E-state index in [4.69, 9.17) is 52.4 Å². The first kappa shape index (κ1) is 33.6. The van der Waals surface area contributed by atoms with Gasteiger partial charge in [-0.15, -0.1) is 0 Å². The van der Waals surface area contributed by atoms with Gasteiger partial charge >= 0.3 is 11.9 Å². The topological polar surface area (TPSA) is 163 Å². The second kappa shape index (κ2) is 15.2. The molecule has 0 bridgehead atoms. The molecule has 12 nitrogen and oxygen atoms in total. The summed E-state index contributed by atoms with van der Waals surface area (Å²) in [6.45, 7) is 2.92. The van der Waals surface area contributed by atoms with E-state index in [2.05, 4.69) is 19.9 Å². The summed E-state index contributed by atoms with van der Waals surface area (Å²) < 4.78 is 21.8. The summed E-state index contributed by atoms with van der Waals surface area (Å²) in [7, 11) is 0. The van der Waals surface area contributed by atoms with Crippen LogP contribution in [0.3, 0.4) is 0 Å². The fourth-order valence-electron chi connectivity index (χ4n) is 3.96. The molecule has 0 aliphatic rings. The molecule has 2 aromatic heterocycles. The van der Waals surface area contributed by atoms with E-state index in [0.717, 1.165) is 0 Å². The summed E-state index contributed by atoms with van der Waals surface area (Å²) in [6, 6.07) is 23.6. The van der Waals surface area contributed by atoms with Gasteiger partial charge in [0.25, 0.3) is 0 Å². The fourth-order valence-corrected chi connectivity index (χ4v) is 4.29. The molecule has 2 atom stereocenters. The highest BCUT2D eigenvalue weighted by atomic mass is 35.5. The van der Waals surface area contributed by atoms with E-state index in [1.54, 1.807) is 84.9 Å². The number of carbonyl (C=O) groups is 2. The second-order valence-electron chi connectivity index (χ2n) is 10.0. The summed E-state index contributed by atoms with van der Waals surface area (Å²) in [5.74, 6) is 0.590. The SMILES string of the molecule is CC(Oc1ccc(Oc2cnc3cc(Cl)ccc3n2)cc1)C(=O)O.C[C@@H](Oc1ccc(Oc2cnc3cc(Cl)ccc3n2)cc1)C(=O)O. The largest absolute Gasteiger partial charge is 0.479 e. The van der Waals surface area contributed by atoms with Crippen LogP contribution in [0.25, 0.3) is 22.1 Å². The van der Waals surface area contributed by atoms with E-state index in [1.165, 1.54) is 26.2 Å². The first-order valence-electron chi connectivity index (χ1n) is 14.2. The van der Waals surface area contributed by atoms with Gasteiger partial charge in [-0.1, -0.05) is 23.2 Å². The van der Waals surface area contributed by atoms with Gasteiger partial charge in [-0.25, -0.2) is 29.5 Å². The van der Waals surface area contributed by atoms with Crippen molar-refractivity contribution in [3.63, 3.8) is 0 Å². The third-order valence-electron chi connectivity index (χ3n) is 6.38. The first-order chi connectivity index (χ1) is 23.0. The number of carboxylic acid groups (broad SMARTS) is 2. The van der Waals surface area contributed by atoms with Gasteiger partial charge in [0.05, 0.1) is 34.5 Å². The van der Waals surface area contributed by atoms with Crippen LogP contribution >= 0.6 is 23.2 Å². The van der Waals surface area contributed by atoms with Gasteiger partial charge < -0.3 is 29.2 Å². The van der Waals surface area contributed by atoms with Crippen molar-refractivity contribution in [1.29, 1.82) is 0 Å². The van der Waals surface area contributed by atoms with E-state index < -0.39 is 24.1 Å². The van der Waals surface area contributed by atoms with Crippen LogP contribution in [0, 0.1) is 0 Å². The number of aromatic nitrogens is 4. The van der Waals surface area contributed by atoms with Gasteiger partial charge in [0.15, 0.2) is 12.2 Å². The van der Waals surface area contributed by atoms with Crippen molar-refractivity contribution in [1.82, 2.24) is 19.9 Å². The zero-order chi connectivity index (χ0) is 34.2. The number of hydrogen-bond donors (Lipinski definition) is 2. The molecule has 244 valence electrons. The Bertz CT molecular complexity index is 1920. The molecule has 48 heavy (non-hydrogen) atoms. The van der Waals surface area contributed by atoms with E-state index in [0.29, 0.717) is 66.9 Å². The van der Waals surface area contributed by atoms with Crippen LogP contribution in [-0.2, 0) is 9.59 Å².